The number of aryl methyl sites for hydroxylation is 1. The molecule has 2 amide bonds. The third-order valence-electron chi connectivity index (χ3n) is 4.17. The average molecular weight is 273 g/mol. The van der Waals surface area contributed by atoms with E-state index in [0.29, 0.717) is 5.56 Å². The molecular formula is C15H19N3O2. The van der Waals surface area contributed by atoms with E-state index in [1.807, 2.05) is 13.0 Å². The van der Waals surface area contributed by atoms with Crippen molar-refractivity contribution in [2.24, 2.45) is 0 Å². The number of pyridine rings is 1. The van der Waals surface area contributed by atoms with Crippen LogP contribution in [0.5, 0.6) is 0 Å². The van der Waals surface area contributed by atoms with Crippen LogP contribution in [-0.4, -0.2) is 40.3 Å². The fraction of sp³-hybridized carbons (Fsp3) is 0.533. The Morgan fingerprint density at radius 2 is 2.15 bits per heavy atom. The average Bonchev–Trinajstić information content (AvgIpc) is 2.45. The van der Waals surface area contributed by atoms with E-state index in [-0.39, 0.29) is 30.4 Å². The Bertz CT molecular complexity index is 544. The van der Waals surface area contributed by atoms with Crippen molar-refractivity contribution in [3.05, 3.63) is 29.6 Å². The third-order valence-corrected chi connectivity index (χ3v) is 4.17. The molecule has 1 aliphatic carbocycles. The number of carbonyl (C=O) groups excluding carboxylic acids is 2. The zero-order valence-corrected chi connectivity index (χ0v) is 11.6. The van der Waals surface area contributed by atoms with Gasteiger partial charge in [-0.1, -0.05) is 12.8 Å². The maximum absolute atomic E-state index is 12.7. The lowest BCUT2D eigenvalue weighted by atomic mass is 9.87. The van der Waals surface area contributed by atoms with Crippen LogP contribution in [0.2, 0.25) is 0 Å². The van der Waals surface area contributed by atoms with Gasteiger partial charge in [0, 0.05) is 18.4 Å². The molecule has 2 heterocycles. The second-order valence-corrected chi connectivity index (χ2v) is 5.71. The molecule has 1 aliphatic heterocycles. The Balaban J connectivity index is 1.86. The summed E-state index contributed by atoms with van der Waals surface area (Å²) in [6.45, 7) is 2.07. The number of nitrogens with one attached hydrogen (secondary N) is 1. The third kappa shape index (κ3) is 2.40. The molecule has 1 N–H and O–H groups in total. The molecule has 3 rings (SSSR count). The van der Waals surface area contributed by atoms with Gasteiger partial charge in [0.25, 0.3) is 5.91 Å². The van der Waals surface area contributed by atoms with Gasteiger partial charge in [-0.15, -0.1) is 0 Å². The van der Waals surface area contributed by atoms with E-state index in [4.69, 9.17) is 0 Å². The van der Waals surface area contributed by atoms with Gasteiger partial charge in [-0.3, -0.25) is 14.6 Å². The molecule has 0 bridgehead atoms. The molecule has 2 aliphatic rings. The summed E-state index contributed by atoms with van der Waals surface area (Å²) in [6.07, 6.45) is 7.48. The maximum Gasteiger partial charge on any atom is 0.256 e. The molecule has 0 aromatic carbocycles. The summed E-state index contributed by atoms with van der Waals surface area (Å²) < 4.78 is 0. The van der Waals surface area contributed by atoms with E-state index in [1.54, 1.807) is 17.3 Å². The van der Waals surface area contributed by atoms with Crippen molar-refractivity contribution < 1.29 is 9.59 Å². The molecule has 2 unspecified atom stereocenters. The first-order valence-corrected chi connectivity index (χ1v) is 7.17. The molecule has 1 saturated heterocycles. The number of nitrogens with zero attached hydrogens (tertiary/aromatic N) is 2. The van der Waals surface area contributed by atoms with E-state index in [2.05, 4.69) is 10.3 Å². The highest BCUT2D eigenvalue weighted by atomic mass is 16.2. The predicted octanol–water partition coefficient (Wildman–Crippen LogP) is 1.27. The standard InChI is InChI=1S/C15H19N3O2/c1-10-6-11(8-16-7-10)15(20)18-9-14(19)17-12-4-2-3-5-13(12)18/h6-8,12-13H,2-5,9H2,1H3,(H,17,19). The predicted molar refractivity (Wildman–Crippen MR) is 74.2 cm³/mol. The Morgan fingerprint density at radius 3 is 2.95 bits per heavy atom. The fourth-order valence-corrected chi connectivity index (χ4v) is 3.24. The number of hydrogen-bond donors (Lipinski definition) is 1. The molecule has 1 aromatic heterocycles. The van der Waals surface area contributed by atoms with Crippen molar-refractivity contribution in [3.63, 3.8) is 0 Å². The van der Waals surface area contributed by atoms with Crippen LogP contribution in [0, 0.1) is 6.92 Å². The van der Waals surface area contributed by atoms with Gasteiger partial charge in [-0.2, -0.15) is 0 Å². The van der Waals surface area contributed by atoms with Crippen LogP contribution in [0.15, 0.2) is 18.5 Å². The van der Waals surface area contributed by atoms with Gasteiger partial charge in [-0.25, -0.2) is 0 Å². The van der Waals surface area contributed by atoms with Crippen molar-refractivity contribution in [2.45, 2.75) is 44.7 Å². The summed E-state index contributed by atoms with van der Waals surface area (Å²) in [5.41, 5.74) is 1.53. The monoisotopic (exact) mass is 273 g/mol. The van der Waals surface area contributed by atoms with Crippen molar-refractivity contribution in [1.29, 1.82) is 0 Å². The summed E-state index contributed by atoms with van der Waals surface area (Å²) >= 11 is 0. The molecule has 2 fully saturated rings. The topological polar surface area (TPSA) is 62.3 Å². The molecule has 2 atom stereocenters. The van der Waals surface area contributed by atoms with Gasteiger partial charge >= 0.3 is 0 Å². The van der Waals surface area contributed by atoms with E-state index >= 15 is 0 Å². The van der Waals surface area contributed by atoms with Crippen molar-refractivity contribution >= 4 is 11.8 Å². The number of carbonyl (C=O) groups is 2. The zero-order chi connectivity index (χ0) is 14.1. The minimum absolute atomic E-state index is 0.0536. The SMILES string of the molecule is Cc1cncc(C(=O)N2CC(=O)NC3CCCCC32)c1. The molecule has 1 saturated carbocycles. The van der Waals surface area contributed by atoms with Gasteiger partial charge in [-0.05, 0) is 31.4 Å². The number of aromatic nitrogens is 1. The molecule has 106 valence electrons. The number of amides is 2. The smallest absolute Gasteiger partial charge is 0.256 e. The Kier molecular flexibility index (Phi) is 3.42. The number of hydrogen-bond acceptors (Lipinski definition) is 3. The van der Waals surface area contributed by atoms with Crippen LogP contribution in [0.1, 0.15) is 41.6 Å². The lowest BCUT2D eigenvalue weighted by molar-refractivity contribution is -0.127. The summed E-state index contributed by atoms with van der Waals surface area (Å²) in [6, 6.07) is 2.08. The number of rotatable bonds is 1. The number of fused-ring (bicyclic) bond motifs is 1. The van der Waals surface area contributed by atoms with E-state index < -0.39 is 0 Å². The molecule has 5 heteroatoms. The van der Waals surface area contributed by atoms with Crippen LogP contribution in [0.3, 0.4) is 0 Å². The van der Waals surface area contributed by atoms with Crippen LogP contribution >= 0.6 is 0 Å². The van der Waals surface area contributed by atoms with E-state index in [9.17, 15) is 9.59 Å². The van der Waals surface area contributed by atoms with Gasteiger partial charge in [0.2, 0.25) is 5.91 Å². The van der Waals surface area contributed by atoms with Crippen LogP contribution in [0.25, 0.3) is 0 Å². The molecule has 0 spiro atoms. The first-order valence-electron chi connectivity index (χ1n) is 7.17. The molecule has 0 radical (unpaired) electrons. The Hall–Kier alpha value is -1.91. The molecular weight excluding hydrogens is 254 g/mol. The largest absolute Gasteiger partial charge is 0.350 e. The van der Waals surface area contributed by atoms with Crippen LogP contribution in [-0.2, 0) is 4.79 Å². The van der Waals surface area contributed by atoms with Gasteiger partial charge in [0.05, 0.1) is 11.6 Å². The fourth-order valence-electron chi connectivity index (χ4n) is 3.24. The van der Waals surface area contributed by atoms with Crippen molar-refractivity contribution in [3.8, 4) is 0 Å². The maximum atomic E-state index is 12.7. The lowest BCUT2D eigenvalue weighted by Gasteiger charge is -2.43. The Labute approximate surface area is 118 Å². The number of piperazine rings is 1. The highest BCUT2D eigenvalue weighted by molar-refractivity contribution is 5.97. The van der Waals surface area contributed by atoms with E-state index in [1.165, 1.54) is 0 Å². The molecule has 5 nitrogen and oxygen atoms in total. The first kappa shape index (κ1) is 13.1. The van der Waals surface area contributed by atoms with Crippen molar-refractivity contribution in [2.75, 3.05) is 6.54 Å². The lowest BCUT2D eigenvalue weighted by Crippen LogP contribution is -2.62. The van der Waals surface area contributed by atoms with Gasteiger partial charge in [0.15, 0.2) is 0 Å². The quantitative estimate of drug-likeness (QED) is 0.838. The van der Waals surface area contributed by atoms with Crippen LogP contribution in [0.4, 0.5) is 0 Å². The highest BCUT2D eigenvalue weighted by Crippen LogP contribution is 2.27. The van der Waals surface area contributed by atoms with Gasteiger partial charge in [0.1, 0.15) is 6.54 Å². The summed E-state index contributed by atoms with van der Waals surface area (Å²) in [7, 11) is 0. The first-order chi connectivity index (χ1) is 9.65. The highest BCUT2D eigenvalue weighted by Gasteiger charge is 2.39. The normalized spacial score (nSPS) is 25.9. The minimum Gasteiger partial charge on any atom is -0.350 e. The Morgan fingerprint density at radius 1 is 1.35 bits per heavy atom. The summed E-state index contributed by atoms with van der Waals surface area (Å²) in [4.78, 5) is 30.3. The summed E-state index contributed by atoms with van der Waals surface area (Å²) in [5, 5.41) is 3.02. The minimum atomic E-state index is -0.0760. The van der Waals surface area contributed by atoms with Crippen molar-refractivity contribution in [1.82, 2.24) is 15.2 Å². The molecule has 20 heavy (non-hydrogen) atoms. The van der Waals surface area contributed by atoms with E-state index in [0.717, 1.165) is 31.2 Å². The molecule has 1 aromatic rings. The second kappa shape index (κ2) is 5.23. The second-order valence-electron chi connectivity index (χ2n) is 5.71. The van der Waals surface area contributed by atoms with Gasteiger partial charge < -0.3 is 10.2 Å². The zero-order valence-electron chi connectivity index (χ0n) is 11.6. The van der Waals surface area contributed by atoms with Crippen LogP contribution < -0.4 is 5.32 Å². The summed E-state index contributed by atoms with van der Waals surface area (Å²) in [5.74, 6) is -0.130.